The normalized spacial score (nSPS) is 15.3. The van der Waals surface area contributed by atoms with Crippen LogP contribution < -0.4 is 20.3 Å². The molecule has 0 saturated carbocycles. The first-order valence-corrected chi connectivity index (χ1v) is 14.5. The molecule has 11 nitrogen and oxygen atoms in total. The van der Waals surface area contributed by atoms with E-state index in [9.17, 15) is 23.1 Å². The number of hydrogen-bond acceptors (Lipinski definition) is 7. The third kappa shape index (κ3) is 7.23. The van der Waals surface area contributed by atoms with Gasteiger partial charge in [0.15, 0.2) is 0 Å². The second-order valence-electron chi connectivity index (χ2n) is 9.45. The van der Waals surface area contributed by atoms with Crippen LogP contribution >= 0.6 is 0 Å². The minimum atomic E-state index is -3.74. The van der Waals surface area contributed by atoms with Crippen molar-refractivity contribution >= 4 is 44.6 Å². The van der Waals surface area contributed by atoms with E-state index in [2.05, 4.69) is 30.2 Å². The van der Waals surface area contributed by atoms with Gasteiger partial charge in [0.05, 0.1) is 16.8 Å². The molecule has 0 spiro atoms. The van der Waals surface area contributed by atoms with E-state index in [1.54, 1.807) is 12.1 Å². The number of nitrogens with one attached hydrogen (secondary N) is 4. The average Bonchev–Trinajstić information content (AvgIpc) is 3.32. The standard InChI is InChI=1S/C26H34N6O5S/c1-2-3-16-38(36,37)31-23(25(34)35)17-27-24(33)18-8-10-20(11-9-18)32-14-12-19(13-15-32)28-26-29-21-6-4-5-7-22(21)30-26/h4-11,19,23,31H,2-3,12-17H2,1H3,(H,27,33)(H,34,35)(H2,28,29,30)/t23-/m0/s1. The predicted octanol–water partition coefficient (Wildman–Crippen LogP) is 2.55. The topological polar surface area (TPSA) is 157 Å². The molecule has 1 saturated heterocycles. The van der Waals surface area contributed by atoms with Crippen LogP contribution in [0.1, 0.15) is 43.0 Å². The SMILES string of the molecule is CCCCS(=O)(=O)N[C@@H](CNC(=O)c1ccc(N2CCC(Nc3nc4ccccc4[nH]3)CC2)cc1)C(=O)O. The van der Waals surface area contributed by atoms with Gasteiger partial charge in [0.2, 0.25) is 16.0 Å². The molecular weight excluding hydrogens is 508 g/mol. The van der Waals surface area contributed by atoms with E-state index in [4.69, 9.17) is 0 Å². The summed E-state index contributed by atoms with van der Waals surface area (Å²) in [5, 5.41) is 15.4. The number of carbonyl (C=O) groups is 2. The molecule has 12 heteroatoms. The lowest BCUT2D eigenvalue weighted by Gasteiger charge is -2.34. The summed E-state index contributed by atoms with van der Waals surface area (Å²) >= 11 is 0. The van der Waals surface area contributed by atoms with Gasteiger partial charge in [-0.05, 0) is 55.7 Å². The number of amides is 1. The van der Waals surface area contributed by atoms with Crippen LogP contribution in [-0.4, -0.2) is 72.8 Å². The summed E-state index contributed by atoms with van der Waals surface area (Å²) in [6.45, 7) is 3.19. The monoisotopic (exact) mass is 542 g/mol. The number of anilines is 2. The number of benzene rings is 2. The van der Waals surface area contributed by atoms with Gasteiger partial charge in [0, 0.05) is 36.9 Å². The fourth-order valence-corrected chi connectivity index (χ4v) is 5.81. The summed E-state index contributed by atoms with van der Waals surface area (Å²) in [6.07, 6.45) is 2.96. The molecule has 0 unspecified atom stereocenters. The number of fused-ring (bicyclic) bond motifs is 1. The summed E-state index contributed by atoms with van der Waals surface area (Å²) < 4.78 is 26.3. The molecule has 1 aliphatic rings. The lowest BCUT2D eigenvalue weighted by Crippen LogP contribution is -2.48. The first kappa shape index (κ1) is 27.4. The molecule has 1 aliphatic heterocycles. The lowest BCUT2D eigenvalue weighted by atomic mass is 10.0. The van der Waals surface area contributed by atoms with Crippen LogP contribution in [0.4, 0.5) is 11.6 Å². The van der Waals surface area contributed by atoms with E-state index in [1.165, 1.54) is 0 Å². The highest BCUT2D eigenvalue weighted by atomic mass is 32.2. The van der Waals surface area contributed by atoms with Gasteiger partial charge in [-0.2, -0.15) is 4.72 Å². The molecular formula is C26H34N6O5S. The highest BCUT2D eigenvalue weighted by molar-refractivity contribution is 7.89. The van der Waals surface area contributed by atoms with Gasteiger partial charge in [-0.25, -0.2) is 13.4 Å². The largest absolute Gasteiger partial charge is 0.480 e. The van der Waals surface area contributed by atoms with Gasteiger partial charge in [0.25, 0.3) is 5.91 Å². The van der Waals surface area contributed by atoms with Gasteiger partial charge in [-0.15, -0.1) is 0 Å². The van der Waals surface area contributed by atoms with E-state index >= 15 is 0 Å². The Labute approximate surface area is 222 Å². The molecule has 38 heavy (non-hydrogen) atoms. The molecule has 1 aromatic heterocycles. The van der Waals surface area contributed by atoms with Crippen molar-refractivity contribution in [2.24, 2.45) is 0 Å². The lowest BCUT2D eigenvalue weighted by molar-refractivity contribution is -0.138. The summed E-state index contributed by atoms with van der Waals surface area (Å²) in [6, 6.07) is 13.9. The highest BCUT2D eigenvalue weighted by Crippen LogP contribution is 2.23. The van der Waals surface area contributed by atoms with Crippen LogP contribution in [0.5, 0.6) is 0 Å². The second-order valence-corrected chi connectivity index (χ2v) is 11.3. The van der Waals surface area contributed by atoms with E-state index in [-0.39, 0.29) is 12.3 Å². The Morgan fingerprint density at radius 3 is 2.50 bits per heavy atom. The maximum Gasteiger partial charge on any atom is 0.323 e. The van der Waals surface area contributed by atoms with Gasteiger partial charge >= 0.3 is 5.97 Å². The van der Waals surface area contributed by atoms with Gasteiger partial charge < -0.3 is 25.6 Å². The highest BCUT2D eigenvalue weighted by Gasteiger charge is 2.25. The van der Waals surface area contributed by atoms with Crippen LogP contribution in [0.3, 0.4) is 0 Å². The number of aromatic nitrogens is 2. The van der Waals surface area contributed by atoms with Crippen LogP contribution in [0.2, 0.25) is 0 Å². The van der Waals surface area contributed by atoms with E-state index < -0.39 is 27.9 Å². The molecule has 1 atom stereocenters. The van der Waals surface area contributed by atoms with Gasteiger partial charge in [-0.3, -0.25) is 9.59 Å². The summed E-state index contributed by atoms with van der Waals surface area (Å²) in [7, 11) is -3.74. The number of unbranched alkanes of at least 4 members (excludes halogenated alkanes) is 1. The summed E-state index contributed by atoms with van der Waals surface area (Å²) in [5.74, 6) is -1.20. The smallest absolute Gasteiger partial charge is 0.323 e. The molecule has 2 aromatic carbocycles. The number of para-hydroxylation sites is 2. The number of sulfonamides is 1. The number of carboxylic acids is 1. The molecule has 4 rings (SSSR count). The van der Waals surface area contributed by atoms with E-state index in [1.807, 2.05) is 43.3 Å². The number of nitrogens with zero attached hydrogens (tertiary/aromatic N) is 2. The minimum Gasteiger partial charge on any atom is -0.480 e. The summed E-state index contributed by atoms with van der Waals surface area (Å²) in [5.41, 5.74) is 3.30. The fourth-order valence-electron chi connectivity index (χ4n) is 4.41. The second kappa shape index (κ2) is 12.3. The third-order valence-electron chi connectivity index (χ3n) is 6.57. The Hall–Kier alpha value is -3.64. The molecule has 204 valence electrons. The van der Waals surface area contributed by atoms with Crippen LogP contribution in [-0.2, 0) is 14.8 Å². The quantitative estimate of drug-likeness (QED) is 0.234. The zero-order valence-electron chi connectivity index (χ0n) is 21.3. The minimum absolute atomic E-state index is 0.157. The first-order valence-electron chi connectivity index (χ1n) is 12.8. The molecule has 1 amide bonds. The molecule has 1 fully saturated rings. The van der Waals surface area contributed by atoms with Crippen molar-refractivity contribution in [3.63, 3.8) is 0 Å². The molecule has 0 radical (unpaired) electrons. The van der Waals surface area contributed by atoms with E-state index in [0.717, 1.165) is 48.6 Å². The van der Waals surface area contributed by atoms with Crippen LogP contribution in [0.15, 0.2) is 48.5 Å². The Balaban J connectivity index is 1.26. The molecule has 0 bridgehead atoms. The fraction of sp³-hybridized carbons (Fsp3) is 0.423. The van der Waals surface area contributed by atoms with Crippen molar-refractivity contribution in [2.45, 2.75) is 44.7 Å². The third-order valence-corrected chi connectivity index (χ3v) is 8.04. The number of H-pyrrole nitrogens is 1. The van der Waals surface area contributed by atoms with Gasteiger partial charge in [-0.1, -0.05) is 25.5 Å². The Morgan fingerprint density at radius 1 is 1.13 bits per heavy atom. The number of imidazole rings is 1. The maximum absolute atomic E-state index is 12.6. The predicted molar refractivity (Wildman–Crippen MR) is 147 cm³/mol. The van der Waals surface area contributed by atoms with Crippen molar-refractivity contribution in [2.75, 3.05) is 35.6 Å². The van der Waals surface area contributed by atoms with E-state index in [0.29, 0.717) is 24.4 Å². The summed E-state index contributed by atoms with van der Waals surface area (Å²) in [4.78, 5) is 34.2. The van der Waals surface area contributed by atoms with Crippen LogP contribution in [0.25, 0.3) is 11.0 Å². The van der Waals surface area contributed by atoms with Crippen LogP contribution in [0, 0.1) is 0 Å². The van der Waals surface area contributed by atoms with Gasteiger partial charge in [0.1, 0.15) is 6.04 Å². The number of rotatable bonds is 12. The first-order chi connectivity index (χ1) is 18.2. The number of carbonyl (C=O) groups excluding carboxylic acids is 1. The number of carboxylic acid groups (broad SMARTS) is 1. The van der Waals surface area contributed by atoms with Crippen molar-refractivity contribution in [3.8, 4) is 0 Å². The van der Waals surface area contributed by atoms with Crippen molar-refractivity contribution in [1.82, 2.24) is 20.0 Å². The Bertz CT molecular complexity index is 1320. The zero-order valence-corrected chi connectivity index (χ0v) is 22.1. The molecule has 0 aliphatic carbocycles. The molecule has 3 aromatic rings. The Kier molecular flexibility index (Phi) is 8.85. The number of piperidine rings is 1. The number of hydrogen-bond donors (Lipinski definition) is 5. The van der Waals surface area contributed by atoms with Crippen molar-refractivity contribution < 1.29 is 23.1 Å². The maximum atomic E-state index is 12.6. The van der Waals surface area contributed by atoms with Crippen molar-refractivity contribution in [1.29, 1.82) is 0 Å². The average molecular weight is 543 g/mol. The number of aromatic amines is 1. The van der Waals surface area contributed by atoms with Crippen molar-refractivity contribution in [3.05, 3.63) is 54.1 Å². The Morgan fingerprint density at radius 2 is 1.84 bits per heavy atom. The molecule has 5 N–H and O–H groups in total. The number of aliphatic carboxylic acids is 1. The zero-order chi connectivity index (χ0) is 27.1. The molecule has 2 heterocycles.